The first-order valence-electron chi connectivity index (χ1n) is 17.5. The molecule has 3 amide bonds. The monoisotopic (exact) mass is 681 g/mol. The van der Waals surface area contributed by atoms with Crippen LogP contribution in [0.5, 0.6) is 0 Å². The molecular weight excluding hydrogens is 626 g/mol. The van der Waals surface area contributed by atoms with Crippen molar-refractivity contribution in [2.24, 2.45) is 17.8 Å². The summed E-state index contributed by atoms with van der Waals surface area (Å²) >= 11 is 0. The molecule has 0 unspecified atom stereocenters. The van der Waals surface area contributed by atoms with Crippen molar-refractivity contribution < 1.29 is 38.5 Å². The fraction of sp³-hybridized carbons (Fsp3) is 0.632. The summed E-state index contributed by atoms with van der Waals surface area (Å²) in [4.78, 5) is 60.0. The predicted molar refractivity (Wildman–Crippen MR) is 185 cm³/mol. The molecule has 0 aliphatic carbocycles. The molecule has 3 aliphatic heterocycles. The van der Waals surface area contributed by atoms with E-state index < -0.39 is 65.2 Å². The normalized spacial score (nSPS) is 26.8. The van der Waals surface area contributed by atoms with E-state index in [9.17, 15) is 24.3 Å². The number of nitrogens with one attached hydrogen (secondary N) is 1. The smallest absolute Gasteiger partial charge is 0.313 e. The number of allylic oxidation sites excluding steroid dienone is 1. The zero-order valence-electron chi connectivity index (χ0n) is 29.9. The Morgan fingerprint density at radius 2 is 1.90 bits per heavy atom. The highest BCUT2D eigenvalue weighted by molar-refractivity contribution is 5.98. The van der Waals surface area contributed by atoms with Gasteiger partial charge >= 0.3 is 5.97 Å². The minimum Gasteiger partial charge on any atom is -0.455 e. The van der Waals surface area contributed by atoms with E-state index in [4.69, 9.17) is 14.2 Å². The zero-order valence-corrected chi connectivity index (χ0v) is 29.9. The first kappa shape index (κ1) is 38.3. The van der Waals surface area contributed by atoms with Gasteiger partial charge in [0, 0.05) is 25.6 Å². The van der Waals surface area contributed by atoms with Crippen molar-refractivity contribution in [3.63, 3.8) is 0 Å². The van der Waals surface area contributed by atoms with Gasteiger partial charge in [-0.15, -0.1) is 13.2 Å². The van der Waals surface area contributed by atoms with Crippen LogP contribution >= 0.6 is 0 Å². The molecule has 2 bridgehead atoms. The summed E-state index contributed by atoms with van der Waals surface area (Å²) in [5, 5.41) is 13.6. The van der Waals surface area contributed by atoms with E-state index in [0.717, 1.165) is 0 Å². The van der Waals surface area contributed by atoms with Crippen LogP contribution in [0.15, 0.2) is 55.6 Å². The molecule has 11 nitrogen and oxygen atoms in total. The number of ether oxygens (including phenoxy) is 3. The Morgan fingerprint density at radius 3 is 2.47 bits per heavy atom. The molecule has 3 aliphatic rings. The van der Waals surface area contributed by atoms with E-state index in [2.05, 4.69) is 18.5 Å². The summed E-state index contributed by atoms with van der Waals surface area (Å²) in [7, 11) is 1.51. The number of amides is 3. The molecule has 4 rings (SSSR count). The Bertz CT molecular complexity index is 1360. The van der Waals surface area contributed by atoms with Crippen LogP contribution in [0.25, 0.3) is 0 Å². The predicted octanol–water partition coefficient (Wildman–Crippen LogP) is 3.96. The molecule has 2 N–H and O–H groups in total. The van der Waals surface area contributed by atoms with Gasteiger partial charge in [-0.3, -0.25) is 19.2 Å². The van der Waals surface area contributed by atoms with Gasteiger partial charge < -0.3 is 34.4 Å². The lowest BCUT2D eigenvalue weighted by atomic mass is 9.70. The molecular formula is C38H55N3O8. The van der Waals surface area contributed by atoms with Gasteiger partial charge in [-0.2, -0.15) is 0 Å². The molecule has 270 valence electrons. The van der Waals surface area contributed by atoms with E-state index >= 15 is 0 Å². The van der Waals surface area contributed by atoms with Gasteiger partial charge in [0.2, 0.25) is 17.7 Å². The second kappa shape index (κ2) is 16.0. The molecule has 49 heavy (non-hydrogen) atoms. The number of benzene rings is 1. The fourth-order valence-electron chi connectivity index (χ4n) is 7.91. The second-order valence-corrected chi connectivity index (χ2v) is 14.6. The number of carbonyl (C=O) groups is 4. The lowest BCUT2D eigenvalue weighted by Crippen LogP contribution is -2.62. The average Bonchev–Trinajstić information content (AvgIpc) is 3.72. The van der Waals surface area contributed by atoms with E-state index in [1.165, 1.54) is 12.0 Å². The van der Waals surface area contributed by atoms with Crippen LogP contribution in [0.2, 0.25) is 0 Å². The third-order valence-electron chi connectivity index (χ3n) is 10.5. The van der Waals surface area contributed by atoms with Gasteiger partial charge in [-0.05, 0) is 51.5 Å². The Labute approximate surface area is 291 Å². The van der Waals surface area contributed by atoms with Gasteiger partial charge in [0.15, 0.2) is 0 Å². The van der Waals surface area contributed by atoms with Crippen molar-refractivity contribution >= 4 is 23.7 Å². The van der Waals surface area contributed by atoms with Gasteiger partial charge in [0.25, 0.3) is 0 Å². The topological polar surface area (TPSA) is 135 Å². The number of hydrogen-bond donors (Lipinski definition) is 2. The highest BCUT2D eigenvalue weighted by Crippen LogP contribution is 2.60. The zero-order chi connectivity index (χ0) is 36.1. The van der Waals surface area contributed by atoms with Crippen molar-refractivity contribution in [3.05, 3.63) is 61.2 Å². The first-order valence-corrected chi connectivity index (χ1v) is 17.5. The van der Waals surface area contributed by atoms with Crippen molar-refractivity contribution in [1.29, 1.82) is 0 Å². The molecule has 1 aromatic rings. The maximum atomic E-state index is 14.7. The minimum atomic E-state index is -1.28. The van der Waals surface area contributed by atoms with Gasteiger partial charge in [0.1, 0.15) is 17.7 Å². The average molecular weight is 682 g/mol. The molecule has 1 aromatic carbocycles. The second-order valence-electron chi connectivity index (χ2n) is 14.6. The number of nitrogens with zero attached hydrogens (tertiary/aromatic N) is 2. The van der Waals surface area contributed by atoms with E-state index in [-0.39, 0.29) is 43.9 Å². The molecule has 3 fully saturated rings. The quantitative estimate of drug-likeness (QED) is 0.187. The summed E-state index contributed by atoms with van der Waals surface area (Å²) in [5.74, 6) is -3.70. The number of methoxy groups -OCH3 is 1. The lowest BCUT2D eigenvalue weighted by Gasteiger charge is -2.44. The number of carbonyl (C=O) groups excluding carboxylic acids is 4. The number of hydrogen-bond acceptors (Lipinski definition) is 8. The summed E-state index contributed by atoms with van der Waals surface area (Å²) in [6.45, 7) is 17.2. The van der Waals surface area contributed by atoms with Crippen molar-refractivity contribution in [2.75, 3.05) is 26.9 Å². The van der Waals surface area contributed by atoms with Gasteiger partial charge in [0.05, 0.1) is 43.2 Å². The first-order chi connectivity index (χ1) is 23.3. The third-order valence-corrected chi connectivity index (χ3v) is 10.5. The van der Waals surface area contributed by atoms with Crippen LogP contribution in [-0.4, -0.2) is 101 Å². The summed E-state index contributed by atoms with van der Waals surface area (Å²) in [6, 6.07) is 6.66. The molecule has 0 radical (unpaired) electrons. The maximum Gasteiger partial charge on any atom is 0.313 e. The van der Waals surface area contributed by atoms with Crippen LogP contribution in [0, 0.1) is 17.8 Å². The van der Waals surface area contributed by atoms with Crippen LogP contribution in [0.3, 0.4) is 0 Å². The van der Waals surface area contributed by atoms with Crippen LogP contribution < -0.4 is 5.32 Å². The molecule has 0 aromatic heterocycles. The molecule has 9 atom stereocenters. The summed E-state index contributed by atoms with van der Waals surface area (Å²) in [6.07, 6.45) is 3.96. The molecule has 11 heteroatoms. The Balaban J connectivity index is 1.76. The Hall–Kier alpha value is -3.54. The SMILES string of the molecule is C=CCCC(=O)N[C@@H](COC)[C@@H](OC(=O)[C@@H]1[C@H]2C(=O)N([C@@H](CO)[C@@H](C)CC)[C@H](C(=O)N(CC=C)C(C)(C)C)[C@]23CC[C@H]1O3)c1ccccc1. The molecule has 1 spiro atoms. The van der Waals surface area contributed by atoms with E-state index in [1.807, 2.05) is 65.0 Å². The van der Waals surface area contributed by atoms with Gasteiger partial charge in [-0.25, -0.2) is 0 Å². The number of esters is 1. The van der Waals surface area contributed by atoms with Gasteiger partial charge in [-0.1, -0.05) is 62.8 Å². The number of fused-ring (bicyclic) bond motifs is 1. The molecule has 3 saturated heterocycles. The lowest BCUT2D eigenvalue weighted by molar-refractivity contribution is -0.164. The van der Waals surface area contributed by atoms with Crippen molar-refractivity contribution in [1.82, 2.24) is 15.1 Å². The minimum absolute atomic E-state index is 0.0624. The largest absolute Gasteiger partial charge is 0.455 e. The highest BCUT2D eigenvalue weighted by atomic mass is 16.6. The maximum absolute atomic E-state index is 14.7. The fourth-order valence-corrected chi connectivity index (χ4v) is 7.91. The summed E-state index contributed by atoms with van der Waals surface area (Å²) in [5.41, 5.74) is -1.24. The van der Waals surface area contributed by atoms with Crippen LogP contribution in [-0.2, 0) is 33.4 Å². The Kier molecular flexibility index (Phi) is 12.5. The van der Waals surface area contributed by atoms with Crippen LogP contribution in [0.1, 0.15) is 78.4 Å². The number of aliphatic hydroxyl groups excluding tert-OH is 1. The molecule has 3 heterocycles. The molecule has 0 saturated carbocycles. The Morgan fingerprint density at radius 1 is 1.20 bits per heavy atom. The van der Waals surface area contributed by atoms with Crippen LogP contribution in [0.4, 0.5) is 0 Å². The number of likely N-dealkylation sites (tertiary alicyclic amines) is 1. The standard InChI is InChI=1S/C38H55N3O8/c1-9-12-18-29(43)39-26(23-47-8)32(25-16-14-13-15-17-25)48-36(46)30-28-19-20-38(49-28)31(30)34(44)41(27(22-42)24(4)11-3)33(38)35(45)40(21-10-2)37(5,6)7/h9-10,13-17,24,26-28,30-33,42H,1-2,11-12,18-23H2,3-8H3,(H,39,43)/t24-,26-,27-,28+,30-,31-,32-,33+,38-/m0/s1. The van der Waals surface area contributed by atoms with E-state index in [1.54, 1.807) is 17.1 Å². The number of rotatable bonds is 17. The van der Waals surface area contributed by atoms with Crippen molar-refractivity contribution in [2.45, 2.75) is 108 Å². The summed E-state index contributed by atoms with van der Waals surface area (Å²) < 4.78 is 18.5. The third kappa shape index (κ3) is 7.49. The van der Waals surface area contributed by atoms with E-state index in [0.29, 0.717) is 31.2 Å². The van der Waals surface area contributed by atoms with Crippen molar-refractivity contribution in [3.8, 4) is 0 Å². The highest BCUT2D eigenvalue weighted by Gasteiger charge is 2.76. The number of aliphatic hydroxyl groups is 1.